The van der Waals surface area contributed by atoms with Gasteiger partial charge in [0, 0.05) is 6.42 Å². The van der Waals surface area contributed by atoms with Crippen molar-refractivity contribution in [2.75, 3.05) is 0 Å². The molecule has 3 nitrogen and oxygen atoms in total. The summed E-state index contributed by atoms with van der Waals surface area (Å²) in [5, 5.41) is 8.54. The SMILES string of the molecule is C/C=C(\C=C/CCC=O)C(=O)O. The van der Waals surface area contributed by atoms with E-state index in [9.17, 15) is 9.59 Å². The number of aldehydes is 1. The second kappa shape index (κ2) is 6.34. The first-order valence-electron chi connectivity index (χ1n) is 3.72. The van der Waals surface area contributed by atoms with Gasteiger partial charge >= 0.3 is 5.97 Å². The molecule has 1 N–H and O–H groups in total. The lowest BCUT2D eigenvalue weighted by molar-refractivity contribution is -0.132. The smallest absolute Gasteiger partial charge is 0.335 e. The summed E-state index contributed by atoms with van der Waals surface area (Å²) in [6.07, 6.45) is 6.53. The zero-order valence-corrected chi connectivity index (χ0v) is 6.99. The average Bonchev–Trinajstić information content (AvgIpc) is 2.04. The molecule has 0 aliphatic heterocycles. The van der Waals surface area contributed by atoms with Crippen molar-refractivity contribution in [3.8, 4) is 0 Å². The van der Waals surface area contributed by atoms with E-state index in [1.165, 1.54) is 12.2 Å². The summed E-state index contributed by atoms with van der Waals surface area (Å²) in [6.45, 7) is 1.66. The van der Waals surface area contributed by atoms with Gasteiger partial charge in [0.05, 0.1) is 5.57 Å². The van der Waals surface area contributed by atoms with Crippen LogP contribution in [0.5, 0.6) is 0 Å². The van der Waals surface area contributed by atoms with Crippen LogP contribution in [0.3, 0.4) is 0 Å². The van der Waals surface area contributed by atoms with Gasteiger partial charge in [-0.25, -0.2) is 4.79 Å². The van der Waals surface area contributed by atoms with Gasteiger partial charge in [-0.3, -0.25) is 0 Å². The lowest BCUT2D eigenvalue weighted by Crippen LogP contribution is -1.96. The molecule has 0 unspecified atom stereocenters. The van der Waals surface area contributed by atoms with Crippen LogP contribution in [0.1, 0.15) is 19.8 Å². The van der Waals surface area contributed by atoms with Crippen molar-refractivity contribution in [1.29, 1.82) is 0 Å². The van der Waals surface area contributed by atoms with Crippen LogP contribution in [0, 0.1) is 0 Å². The Morgan fingerprint density at radius 3 is 2.50 bits per heavy atom. The van der Waals surface area contributed by atoms with Gasteiger partial charge in [0.15, 0.2) is 0 Å². The van der Waals surface area contributed by atoms with E-state index in [0.717, 1.165) is 6.29 Å². The molecule has 3 heteroatoms. The fourth-order valence-corrected chi connectivity index (χ4v) is 0.666. The lowest BCUT2D eigenvalue weighted by atomic mass is 10.2. The zero-order valence-electron chi connectivity index (χ0n) is 6.99. The van der Waals surface area contributed by atoms with E-state index in [1.807, 2.05) is 0 Å². The highest BCUT2D eigenvalue weighted by Gasteiger charge is 1.98. The summed E-state index contributed by atoms with van der Waals surface area (Å²) in [5.74, 6) is -0.945. The van der Waals surface area contributed by atoms with E-state index >= 15 is 0 Å². The Balaban J connectivity index is 3.95. The molecule has 0 saturated heterocycles. The Morgan fingerprint density at radius 2 is 2.08 bits per heavy atom. The van der Waals surface area contributed by atoms with Gasteiger partial charge < -0.3 is 9.90 Å². The van der Waals surface area contributed by atoms with Crippen molar-refractivity contribution in [1.82, 2.24) is 0 Å². The van der Waals surface area contributed by atoms with Gasteiger partial charge in [0.25, 0.3) is 0 Å². The van der Waals surface area contributed by atoms with Gasteiger partial charge in [-0.15, -0.1) is 0 Å². The minimum atomic E-state index is -0.945. The van der Waals surface area contributed by atoms with E-state index in [4.69, 9.17) is 5.11 Å². The standard InChI is InChI=1S/C9H12O3/c1-2-8(9(11)12)6-4-3-5-7-10/h2,4,6-7H,3,5H2,1H3,(H,11,12)/b6-4-,8-2+. The van der Waals surface area contributed by atoms with E-state index in [1.54, 1.807) is 13.0 Å². The minimum absolute atomic E-state index is 0.251. The van der Waals surface area contributed by atoms with Crippen molar-refractivity contribution in [2.24, 2.45) is 0 Å². The molecule has 0 radical (unpaired) electrons. The molecule has 0 bridgehead atoms. The molecule has 0 aromatic carbocycles. The fraction of sp³-hybridized carbons (Fsp3) is 0.333. The molecule has 0 amide bonds. The molecule has 0 rings (SSSR count). The van der Waals surface area contributed by atoms with Crippen molar-refractivity contribution >= 4 is 12.3 Å². The molecule has 66 valence electrons. The highest BCUT2D eigenvalue weighted by atomic mass is 16.4. The maximum atomic E-state index is 10.4. The quantitative estimate of drug-likeness (QED) is 0.293. The Morgan fingerprint density at radius 1 is 1.42 bits per heavy atom. The van der Waals surface area contributed by atoms with Crippen molar-refractivity contribution in [3.63, 3.8) is 0 Å². The maximum Gasteiger partial charge on any atom is 0.335 e. The second-order valence-corrected chi connectivity index (χ2v) is 2.20. The van der Waals surface area contributed by atoms with Crippen molar-refractivity contribution < 1.29 is 14.7 Å². The third-order valence-electron chi connectivity index (χ3n) is 1.31. The number of hydrogen-bond acceptors (Lipinski definition) is 2. The molecule has 0 spiro atoms. The number of carboxylic acid groups (broad SMARTS) is 1. The minimum Gasteiger partial charge on any atom is -0.478 e. The number of allylic oxidation sites excluding steroid dienone is 2. The van der Waals surface area contributed by atoms with Gasteiger partial charge in [0.2, 0.25) is 0 Å². The van der Waals surface area contributed by atoms with E-state index < -0.39 is 5.97 Å². The predicted molar refractivity (Wildman–Crippen MR) is 45.8 cm³/mol. The maximum absolute atomic E-state index is 10.4. The third kappa shape index (κ3) is 4.44. The first-order valence-corrected chi connectivity index (χ1v) is 3.72. The molecule has 0 fully saturated rings. The van der Waals surface area contributed by atoms with Gasteiger partial charge in [-0.1, -0.05) is 18.2 Å². The molecule has 0 aliphatic carbocycles. The van der Waals surface area contributed by atoms with Crippen molar-refractivity contribution in [2.45, 2.75) is 19.8 Å². The van der Waals surface area contributed by atoms with E-state index in [2.05, 4.69) is 0 Å². The molecule has 0 aliphatic rings. The number of carbonyl (C=O) groups excluding carboxylic acids is 1. The summed E-state index contributed by atoms with van der Waals surface area (Å²) in [5.41, 5.74) is 0.251. The molecule has 0 atom stereocenters. The van der Waals surface area contributed by atoms with Crippen LogP contribution in [0.2, 0.25) is 0 Å². The summed E-state index contributed by atoms with van der Waals surface area (Å²) in [6, 6.07) is 0. The average molecular weight is 168 g/mol. The normalized spacial score (nSPS) is 11.9. The molecule has 0 aromatic heterocycles. The highest BCUT2D eigenvalue weighted by molar-refractivity contribution is 5.89. The molecule has 0 saturated carbocycles. The monoisotopic (exact) mass is 168 g/mol. The van der Waals surface area contributed by atoms with E-state index in [0.29, 0.717) is 12.8 Å². The molecule has 0 heterocycles. The first kappa shape index (κ1) is 10.6. The topological polar surface area (TPSA) is 54.4 Å². The van der Waals surface area contributed by atoms with Gasteiger partial charge in [-0.2, -0.15) is 0 Å². The van der Waals surface area contributed by atoms with Crippen LogP contribution < -0.4 is 0 Å². The molecular formula is C9H12O3. The predicted octanol–water partition coefficient (Wildman–Crippen LogP) is 1.55. The zero-order chi connectivity index (χ0) is 9.40. The fourth-order valence-electron chi connectivity index (χ4n) is 0.666. The summed E-state index contributed by atoms with van der Waals surface area (Å²) in [7, 11) is 0. The van der Waals surface area contributed by atoms with Crippen LogP contribution in [0.25, 0.3) is 0 Å². The number of aliphatic carboxylic acids is 1. The lowest BCUT2D eigenvalue weighted by Gasteiger charge is -1.90. The molecular weight excluding hydrogens is 156 g/mol. The Hall–Kier alpha value is -1.38. The number of rotatable bonds is 5. The highest BCUT2D eigenvalue weighted by Crippen LogP contribution is 1.98. The van der Waals surface area contributed by atoms with Gasteiger partial charge in [0.1, 0.15) is 6.29 Å². The largest absolute Gasteiger partial charge is 0.478 e. The third-order valence-corrected chi connectivity index (χ3v) is 1.31. The number of unbranched alkanes of at least 4 members (excludes halogenated alkanes) is 1. The number of carboxylic acids is 1. The van der Waals surface area contributed by atoms with Crippen LogP contribution in [-0.2, 0) is 9.59 Å². The Bertz CT molecular complexity index is 214. The Kier molecular flexibility index (Phi) is 5.61. The van der Waals surface area contributed by atoms with Gasteiger partial charge in [-0.05, 0) is 13.3 Å². The van der Waals surface area contributed by atoms with E-state index in [-0.39, 0.29) is 5.57 Å². The molecule has 12 heavy (non-hydrogen) atoms. The summed E-state index contributed by atoms with van der Waals surface area (Å²) in [4.78, 5) is 20.3. The van der Waals surface area contributed by atoms with Crippen molar-refractivity contribution in [3.05, 3.63) is 23.8 Å². The first-order chi connectivity index (χ1) is 5.72. The number of carbonyl (C=O) groups is 2. The van der Waals surface area contributed by atoms with Crippen LogP contribution in [0.4, 0.5) is 0 Å². The molecule has 0 aromatic rings. The second-order valence-electron chi connectivity index (χ2n) is 2.20. The summed E-state index contributed by atoms with van der Waals surface area (Å²) < 4.78 is 0. The van der Waals surface area contributed by atoms with Crippen LogP contribution in [0.15, 0.2) is 23.8 Å². The van der Waals surface area contributed by atoms with Crippen LogP contribution >= 0.6 is 0 Å². The Labute approximate surface area is 71.4 Å². The van der Waals surface area contributed by atoms with Crippen LogP contribution in [-0.4, -0.2) is 17.4 Å². The number of hydrogen-bond donors (Lipinski definition) is 1. The summed E-state index contributed by atoms with van der Waals surface area (Å²) >= 11 is 0.